The lowest BCUT2D eigenvalue weighted by Crippen LogP contribution is -2.33. The number of hydrogen-bond acceptors (Lipinski definition) is 2. The Morgan fingerprint density at radius 1 is 1.38 bits per heavy atom. The molecule has 0 fully saturated rings. The summed E-state index contributed by atoms with van der Waals surface area (Å²) >= 11 is 5.75. The van der Waals surface area contributed by atoms with Gasteiger partial charge >= 0.3 is 0 Å². The predicted molar refractivity (Wildman–Crippen MR) is 64.0 cm³/mol. The van der Waals surface area contributed by atoms with Crippen LogP contribution in [0.2, 0.25) is 5.02 Å². The number of benzene rings is 1. The van der Waals surface area contributed by atoms with Crippen LogP contribution in [0.3, 0.4) is 0 Å². The van der Waals surface area contributed by atoms with Crippen molar-refractivity contribution in [1.82, 2.24) is 5.32 Å². The second kappa shape index (κ2) is 6.18. The van der Waals surface area contributed by atoms with Crippen LogP contribution < -0.4 is 5.32 Å². The summed E-state index contributed by atoms with van der Waals surface area (Å²) in [6.07, 6.45) is 0. The fourth-order valence-corrected chi connectivity index (χ4v) is 1.60. The quantitative estimate of drug-likeness (QED) is 0.836. The summed E-state index contributed by atoms with van der Waals surface area (Å²) in [7, 11) is 0. The molecule has 1 aromatic carbocycles. The molecule has 0 saturated carbocycles. The summed E-state index contributed by atoms with van der Waals surface area (Å²) in [5, 5.41) is 12.6. The predicted octanol–water partition coefficient (Wildman–Crippen LogP) is 2.59. The molecule has 0 saturated heterocycles. The Morgan fingerprint density at radius 3 is 2.62 bits per heavy atom. The number of nitrogens with one attached hydrogen (secondary N) is 1. The van der Waals surface area contributed by atoms with Crippen molar-refractivity contribution in [3.63, 3.8) is 0 Å². The minimum Gasteiger partial charge on any atom is -0.396 e. The molecule has 1 rings (SSSR count). The smallest absolute Gasteiger partial charge is 0.125 e. The molecule has 0 aliphatic carbocycles. The van der Waals surface area contributed by atoms with Crippen molar-refractivity contribution in [2.75, 3.05) is 6.61 Å². The zero-order chi connectivity index (χ0) is 12.1. The van der Waals surface area contributed by atoms with Gasteiger partial charge in [-0.15, -0.1) is 0 Å². The Kier molecular flexibility index (Phi) is 5.19. The zero-order valence-electron chi connectivity index (χ0n) is 9.50. The summed E-state index contributed by atoms with van der Waals surface area (Å²) in [5.41, 5.74) is 0.807. The molecule has 4 heteroatoms. The van der Waals surface area contributed by atoms with Gasteiger partial charge in [0.1, 0.15) is 5.82 Å². The Labute approximate surface area is 100 Å². The Hall–Kier alpha value is -0.640. The van der Waals surface area contributed by atoms with E-state index in [9.17, 15) is 4.39 Å². The second-order valence-electron chi connectivity index (χ2n) is 4.11. The van der Waals surface area contributed by atoms with Gasteiger partial charge in [-0.05, 0) is 36.6 Å². The van der Waals surface area contributed by atoms with Crippen LogP contribution in [0.15, 0.2) is 18.2 Å². The van der Waals surface area contributed by atoms with E-state index < -0.39 is 0 Å². The molecule has 2 atom stereocenters. The van der Waals surface area contributed by atoms with Crippen molar-refractivity contribution in [2.24, 2.45) is 5.92 Å². The summed E-state index contributed by atoms with van der Waals surface area (Å²) in [4.78, 5) is 0. The van der Waals surface area contributed by atoms with Crippen LogP contribution in [-0.4, -0.2) is 17.8 Å². The minimum absolute atomic E-state index is 0.137. The molecule has 0 bridgehead atoms. The topological polar surface area (TPSA) is 32.3 Å². The molecule has 0 aliphatic rings. The van der Waals surface area contributed by atoms with Crippen molar-refractivity contribution in [1.29, 1.82) is 0 Å². The average Bonchev–Trinajstić information content (AvgIpc) is 2.23. The molecular weight excluding hydrogens is 229 g/mol. The van der Waals surface area contributed by atoms with E-state index in [0.717, 1.165) is 5.56 Å². The van der Waals surface area contributed by atoms with E-state index in [4.69, 9.17) is 16.7 Å². The standard InChI is InChI=1S/C12H17ClFNO/c1-8(7-16)9(2)15-6-10-3-11(13)5-12(14)4-10/h3-5,8-9,15-16H,6-7H2,1-2H3. The summed E-state index contributed by atoms with van der Waals surface area (Å²) < 4.78 is 13.0. The van der Waals surface area contributed by atoms with Gasteiger partial charge in [0.05, 0.1) is 0 Å². The van der Waals surface area contributed by atoms with E-state index in [-0.39, 0.29) is 24.4 Å². The van der Waals surface area contributed by atoms with Crippen molar-refractivity contribution in [2.45, 2.75) is 26.4 Å². The third kappa shape index (κ3) is 4.08. The van der Waals surface area contributed by atoms with Gasteiger partial charge in [-0.25, -0.2) is 4.39 Å². The zero-order valence-corrected chi connectivity index (χ0v) is 10.3. The van der Waals surface area contributed by atoms with Gasteiger partial charge in [0.15, 0.2) is 0 Å². The molecule has 2 N–H and O–H groups in total. The molecule has 16 heavy (non-hydrogen) atoms. The van der Waals surface area contributed by atoms with Crippen LogP contribution in [0, 0.1) is 11.7 Å². The maximum Gasteiger partial charge on any atom is 0.125 e. The average molecular weight is 246 g/mol. The number of hydrogen-bond donors (Lipinski definition) is 2. The van der Waals surface area contributed by atoms with E-state index in [1.54, 1.807) is 6.07 Å². The molecule has 0 spiro atoms. The van der Waals surface area contributed by atoms with Crippen LogP contribution >= 0.6 is 11.6 Å². The normalized spacial score (nSPS) is 14.8. The molecule has 1 aromatic rings. The maximum atomic E-state index is 13.0. The van der Waals surface area contributed by atoms with Gasteiger partial charge in [-0.2, -0.15) is 0 Å². The third-order valence-corrected chi connectivity index (χ3v) is 2.91. The van der Waals surface area contributed by atoms with Crippen molar-refractivity contribution in [3.05, 3.63) is 34.6 Å². The first-order chi connectivity index (χ1) is 7.52. The van der Waals surface area contributed by atoms with Crippen LogP contribution in [-0.2, 0) is 6.54 Å². The molecular formula is C12H17ClFNO. The molecule has 0 aliphatic heterocycles. The summed E-state index contributed by atoms with van der Waals surface area (Å²) in [6, 6.07) is 4.64. The fraction of sp³-hybridized carbons (Fsp3) is 0.500. The highest BCUT2D eigenvalue weighted by atomic mass is 35.5. The van der Waals surface area contributed by atoms with Gasteiger partial charge in [0, 0.05) is 24.2 Å². The first-order valence-electron chi connectivity index (χ1n) is 5.32. The highest BCUT2D eigenvalue weighted by Gasteiger charge is 2.10. The van der Waals surface area contributed by atoms with Crippen molar-refractivity contribution in [3.8, 4) is 0 Å². The van der Waals surface area contributed by atoms with E-state index in [2.05, 4.69) is 5.32 Å². The van der Waals surface area contributed by atoms with Crippen LogP contribution in [0.1, 0.15) is 19.4 Å². The van der Waals surface area contributed by atoms with Gasteiger partial charge in [-0.3, -0.25) is 0 Å². The van der Waals surface area contributed by atoms with Crippen LogP contribution in [0.5, 0.6) is 0 Å². The SMILES string of the molecule is CC(CO)C(C)NCc1cc(F)cc(Cl)c1. The molecule has 90 valence electrons. The molecule has 0 amide bonds. The molecule has 0 aromatic heterocycles. The Morgan fingerprint density at radius 2 is 2.06 bits per heavy atom. The van der Waals surface area contributed by atoms with Gasteiger partial charge < -0.3 is 10.4 Å². The second-order valence-corrected chi connectivity index (χ2v) is 4.54. The van der Waals surface area contributed by atoms with Crippen LogP contribution in [0.4, 0.5) is 4.39 Å². The van der Waals surface area contributed by atoms with E-state index in [1.807, 2.05) is 13.8 Å². The van der Waals surface area contributed by atoms with E-state index in [0.29, 0.717) is 11.6 Å². The third-order valence-electron chi connectivity index (χ3n) is 2.69. The summed E-state index contributed by atoms with van der Waals surface area (Å²) in [5.74, 6) is -0.156. The monoisotopic (exact) mass is 245 g/mol. The van der Waals surface area contributed by atoms with Crippen molar-refractivity contribution < 1.29 is 9.50 Å². The maximum absolute atomic E-state index is 13.0. The van der Waals surface area contributed by atoms with Crippen LogP contribution in [0.25, 0.3) is 0 Å². The summed E-state index contributed by atoms with van der Waals surface area (Å²) in [6.45, 7) is 4.62. The Balaban J connectivity index is 2.54. The molecule has 2 unspecified atom stereocenters. The lowest BCUT2D eigenvalue weighted by atomic mass is 10.0. The number of halogens is 2. The van der Waals surface area contributed by atoms with Gasteiger partial charge in [-0.1, -0.05) is 18.5 Å². The molecule has 0 radical (unpaired) electrons. The molecule has 0 heterocycles. The lowest BCUT2D eigenvalue weighted by Gasteiger charge is -2.19. The number of aliphatic hydroxyl groups excluding tert-OH is 1. The highest BCUT2D eigenvalue weighted by molar-refractivity contribution is 6.30. The van der Waals surface area contributed by atoms with E-state index >= 15 is 0 Å². The Bertz CT molecular complexity index is 326. The first-order valence-corrected chi connectivity index (χ1v) is 5.70. The van der Waals surface area contributed by atoms with Gasteiger partial charge in [0.2, 0.25) is 0 Å². The number of aliphatic hydroxyl groups is 1. The van der Waals surface area contributed by atoms with E-state index in [1.165, 1.54) is 12.1 Å². The highest BCUT2D eigenvalue weighted by Crippen LogP contribution is 2.14. The van der Waals surface area contributed by atoms with Gasteiger partial charge in [0.25, 0.3) is 0 Å². The minimum atomic E-state index is -0.327. The largest absolute Gasteiger partial charge is 0.396 e. The number of rotatable bonds is 5. The fourth-order valence-electron chi connectivity index (χ4n) is 1.35. The lowest BCUT2D eigenvalue weighted by molar-refractivity contribution is 0.207. The first kappa shape index (κ1) is 13.4. The van der Waals surface area contributed by atoms with Crippen molar-refractivity contribution >= 4 is 11.6 Å². The molecule has 2 nitrogen and oxygen atoms in total.